The van der Waals surface area contributed by atoms with Crippen LogP contribution >= 0.6 is 38.5 Å². The van der Waals surface area contributed by atoms with E-state index in [1.54, 1.807) is 24.0 Å². The first-order valence-electron chi connectivity index (χ1n) is 5.28. The molecule has 0 unspecified atom stereocenters. The zero-order valence-electron chi connectivity index (χ0n) is 9.56. The van der Waals surface area contributed by atoms with Crippen molar-refractivity contribution in [1.82, 2.24) is 9.55 Å². The number of aromatic nitrogens is 2. The second kappa shape index (κ2) is 5.83. The number of carbonyl (C=O) groups is 1. The van der Waals surface area contributed by atoms with Crippen molar-refractivity contribution in [2.45, 2.75) is 6.92 Å². The second-order valence-corrected chi connectivity index (χ2v) is 5.50. The molecule has 94 valence electrons. The molecule has 0 radical (unpaired) electrons. The second-order valence-electron chi connectivity index (χ2n) is 3.49. The standard InChI is InChI=1S/C12H10BrIN2O2/c1-2-18-12(17)11-6-16(7-15-11)8-3-4-10(14)9(13)5-8/h3-7H,2H2,1H3. The fourth-order valence-electron chi connectivity index (χ4n) is 1.42. The molecule has 6 heteroatoms. The molecule has 1 aromatic heterocycles. The number of ether oxygens (including phenoxy) is 1. The van der Waals surface area contributed by atoms with Crippen molar-refractivity contribution in [3.63, 3.8) is 0 Å². The van der Waals surface area contributed by atoms with Gasteiger partial charge in [-0.15, -0.1) is 0 Å². The number of hydrogen-bond acceptors (Lipinski definition) is 3. The lowest BCUT2D eigenvalue weighted by molar-refractivity contribution is 0.0520. The highest BCUT2D eigenvalue weighted by Crippen LogP contribution is 2.22. The fourth-order valence-corrected chi connectivity index (χ4v) is 2.12. The molecule has 1 aromatic carbocycles. The zero-order chi connectivity index (χ0) is 13.1. The predicted octanol–water partition coefficient (Wildman–Crippen LogP) is 3.42. The van der Waals surface area contributed by atoms with Crippen molar-refractivity contribution in [3.8, 4) is 5.69 Å². The molecule has 0 spiro atoms. The molecule has 0 atom stereocenters. The summed E-state index contributed by atoms with van der Waals surface area (Å²) in [4.78, 5) is 15.5. The Labute approximate surface area is 127 Å². The van der Waals surface area contributed by atoms with Gasteiger partial charge >= 0.3 is 5.97 Å². The summed E-state index contributed by atoms with van der Waals surface area (Å²) in [6.07, 6.45) is 3.26. The maximum Gasteiger partial charge on any atom is 0.358 e. The van der Waals surface area contributed by atoms with Crippen LogP contribution in [0, 0.1) is 3.57 Å². The molecule has 0 amide bonds. The summed E-state index contributed by atoms with van der Waals surface area (Å²) in [6, 6.07) is 5.92. The lowest BCUT2D eigenvalue weighted by Crippen LogP contribution is -2.04. The largest absolute Gasteiger partial charge is 0.461 e. The van der Waals surface area contributed by atoms with E-state index in [-0.39, 0.29) is 0 Å². The third kappa shape index (κ3) is 2.92. The Kier molecular flexibility index (Phi) is 4.39. The van der Waals surface area contributed by atoms with Crippen LogP contribution in [-0.4, -0.2) is 22.1 Å². The van der Waals surface area contributed by atoms with Gasteiger partial charge in [0.2, 0.25) is 0 Å². The Morgan fingerprint density at radius 3 is 3.00 bits per heavy atom. The summed E-state index contributed by atoms with van der Waals surface area (Å²) in [5.41, 5.74) is 1.25. The Morgan fingerprint density at radius 2 is 2.33 bits per heavy atom. The van der Waals surface area contributed by atoms with Gasteiger partial charge in [0.15, 0.2) is 5.69 Å². The Bertz CT molecular complexity index is 583. The molecule has 0 aliphatic carbocycles. The summed E-state index contributed by atoms with van der Waals surface area (Å²) in [7, 11) is 0. The van der Waals surface area contributed by atoms with E-state index < -0.39 is 5.97 Å². The first kappa shape index (κ1) is 13.5. The molecule has 2 aromatic rings. The lowest BCUT2D eigenvalue weighted by atomic mass is 10.3. The SMILES string of the molecule is CCOC(=O)c1cn(-c2ccc(I)c(Br)c2)cn1. The lowest BCUT2D eigenvalue weighted by Gasteiger charge is -2.03. The van der Waals surface area contributed by atoms with E-state index in [2.05, 4.69) is 43.5 Å². The number of imidazole rings is 1. The van der Waals surface area contributed by atoms with Gasteiger partial charge < -0.3 is 9.30 Å². The number of carbonyl (C=O) groups excluding carboxylic acids is 1. The molecule has 0 N–H and O–H groups in total. The van der Waals surface area contributed by atoms with Crippen LogP contribution in [0.25, 0.3) is 5.69 Å². The van der Waals surface area contributed by atoms with E-state index in [9.17, 15) is 4.79 Å². The molecule has 18 heavy (non-hydrogen) atoms. The van der Waals surface area contributed by atoms with Crippen LogP contribution in [0.5, 0.6) is 0 Å². The van der Waals surface area contributed by atoms with Crippen molar-refractivity contribution in [2.75, 3.05) is 6.61 Å². The monoisotopic (exact) mass is 420 g/mol. The van der Waals surface area contributed by atoms with E-state index in [1.807, 2.05) is 18.2 Å². The molecular weight excluding hydrogens is 411 g/mol. The van der Waals surface area contributed by atoms with Crippen LogP contribution in [0.3, 0.4) is 0 Å². The van der Waals surface area contributed by atoms with E-state index in [0.29, 0.717) is 12.3 Å². The number of halogens is 2. The van der Waals surface area contributed by atoms with Crippen LogP contribution in [0.2, 0.25) is 0 Å². The van der Waals surface area contributed by atoms with E-state index in [0.717, 1.165) is 13.7 Å². The number of nitrogens with zero attached hydrogens (tertiary/aromatic N) is 2. The van der Waals surface area contributed by atoms with Crippen molar-refractivity contribution >= 4 is 44.5 Å². The molecular formula is C12H10BrIN2O2. The number of benzene rings is 1. The number of hydrogen-bond donors (Lipinski definition) is 0. The van der Waals surface area contributed by atoms with Gasteiger partial charge in [-0.3, -0.25) is 0 Å². The minimum Gasteiger partial charge on any atom is -0.461 e. The molecule has 0 bridgehead atoms. The Balaban J connectivity index is 2.29. The summed E-state index contributed by atoms with van der Waals surface area (Å²) in [6.45, 7) is 2.12. The molecule has 0 aliphatic heterocycles. The van der Waals surface area contributed by atoms with E-state index >= 15 is 0 Å². The molecule has 0 saturated carbocycles. The summed E-state index contributed by atoms with van der Waals surface area (Å²) in [5.74, 6) is -0.402. The van der Waals surface area contributed by atoms with Crippen molar-refractivity contribution < 1.29 is 9.53 Å². The maximum atomic E-state index is 11.5. The van der Waals surface area contributed by atoms with Gasteiger partial charge in [0, 0.05) is 19.9 Å². The Morgan fingerprint density at radius 1 is 1.56 bits per heavy atom. The topological polar surface area (TPSA) is 44.1 Å². The van der Waals surface area contributed by atoms with Crippen molar-refractivity contribution in [2.24, 2.45) is 0 Å². The molecule has 0 saturated heterocycles. The van der Waals surface area contributed by atoms with Crippen molar-refractivity contribution in [1.29, 1.82) is 0 Å². The average Bonchev–Trinajstić information content (AvgIpc) is 2.82. The van der Waals surface area contributed by atoms with Crippen molar-refractivity contribution in [3.05, 3.63) is 44.5 Å². The van der Waals surface area contributed by atoms with Crippen LogP contribution in [-0.2, 0) is 4.74 Å². The van der Waals surface area contributed by atoms with Crippen LogP contribution in [0.4, 0.5) is 0 Å². The minimum absolute atomic E-state index is 0.312. The highest BCUT2D eigenvalue weighted by Gasteiger charge is 2.11. The van der Waals surface area contributed by atoms with Crippen LogP contribution in [0.15, 0.2) is 35.2 Å². The Hall–Kier alpha value is -0.890. The fraction of sp³-hybridized carbons (Fsp3) is 0.167. The first-order chi connectivity index (χ1) is 8.61. The van der Waals surface area contributed by atoms with Gasteiger partial charge in [-0.05, 0) is 63.6 Å². The summed E-state index contributed by atoms with van der Waals surface area (Å²) >= 11 is 5.71. The molecule has 0 fully saturated rings. The first-order valence-corrected chi connectivity index (χ1v) is 7.15. The van der Waals surface area contributed by atoms with Gasteiger partial charge in [-0.1, -0.05) is 0 Å². The van der Waals surface area contributed by atoms with Gasteiger partial charge in [0.25, 0.3) is 0 Å². The molecule has 2 rings (SSSR count). The van der Waals surface area contributed by atoms with Gasteiger partial charge in [0.1, 0.15) is 6.33 Å². The molecule has 4 nitrogen and oxygen atoms in total. The van der Waals surface area contributed by atoms with Crippen LogP contribution < -0.4 is 0 Å². The van der Waals surface area contributed by atoms with Gasteiger partial charge in [-0.25, -0.2) is 9.78 Å². The quantitative estimate of drug-likeness (QED) is 0.564. The predicted molar refractivity (Wildman–Crippen MR) is 79.9 cm³/mol. The minimum atomic E-state index is -0.402. The molecule has 0 aliphatic rings. The van der Waals surface area contributed by atoms with Gasteiger partial charge in [0.05, 0.1) is 6.61 Å². The van der Waals surface area contributed by atoms with Gasteiger partial charge in [-0.2, -0.15) is 0 Å². The maximum absolute atomic E-state index is 11.5. The van der Waals surface area contributed by atoms with Crippen LogP contribution in [0.1, 0.15) is 17.4 Å². The summed E-state index contributed by atoms with van der Waals surface area (Å²) < 4.78 is 8.81. The summed E-state index contributed by atoms with van der Waals surface area (Å²) in [5, 5.41) is 0. The zero-order valence-corrected chi connectivity index (χ0v) is 13.3. The highest BCUT2D eigenvalue weighted by atomic mass is 127. The highest BCUT2D eigenvalue weighted by molar-refractivity contribution is 14.1. The average molecular weight is 421 g/mol. The normalized spacial score (nSPS) is 10.4. The number of rotatable bonds is 3. The van der Waals surface area contributed by atoms with E-state index in [4.69, 9.17) is 4.74 Å². The number of esters is 1. The third-order valence-corrected chi connectivity index (χ3v) is 4.61. The third-order valence-electron chi connectivity index (χ3n) is 2.27. The van der Waals surface area contributed by atoms with E-state index in [1.165, 1.54) is 0 Å². The molecule has 1 heterocycles. The smallest absolute Gasteiger partial charge is 0.358 e.